The minimum Gasteiger partial charge on any atom is -0.396 e. The molecule has 0 spiro atoms. The Labute approximate surface area is 242 Å². The first-order chi connectivity index (χ1) is 17.6. The molecule has 0 heterocycles. The molecule has 0 aromatic heterocycles. The summed E-state index contributed by atoms with van der Waals surface area (Å²) in [4.78, 5) is 0. The monoisotopic (exact) mass is 584 g/mol. The van der Waals surface area contributed by atoms with Gasteiger partial charge in [0.25, 0.3) is 0 Å². The zero-order valence-electron chi connectivity index (χ0n) is 24.0. The molecule has 0 rings (SSSR count). The zero-order valence-corrected chi connectivity index (χ0v) is 27.3. The summed E-state index contributed by atoms with van der Waals surface area (Å²) in [6.45, 7) is 0.369. The molecule has 0 aliphatic carbocycles. The molecule has 36 heavy (non-hydrogen) atoms. The van der Waals surface area contributed by atoms with Crippen molar-refractivity contribution >= 4 is 39.2 Å². The fraction of sp³-hybridized carbons (Fsp3) is 1.00. The summed E-state index contributed by atoms with van der Waals surface area (Å²) < 4.78 is 0. The number of halogens is 3. The summed E-state index contributed by atoms with van der Waals surface area (Å²) in [6, 6.07) is -1.54. The second-order valence-electron chi connectivity index (χ2n) is 11.3. The maximum atomic E-state index is 8.77. The highest BCUT2D eigenvalue weighted by atomic mass is 35.8. The van der Waals surface area contributed by atoms with Crippen LogP contribution in [0, 0.1) is 0 Å². The van der Waals surface area contributed by atoms with Crippen LogP contribution in [0.15, 0.2) is 0 Å². The number of aliphatic hydroxyl groups excluding tert-OH is 1. The minimum atomic E-state index is -2.37. The van der Waals surface area contributed by atoms with E-state index in [2.05, 4.69) is 0 Å². The predicted octanol–water partition coefficient (Wildman–Crippen LogP) is 12.9. The van der Waals surface area contributed by atoms with Gasteiger partial charge < -0.3 is 5.11 Å². The van der Waals surface area contributed by atoms with Gasteiger partial charge in [-0.05, 0) is 12.5 Å². The third kappa shape index (κ3) is 35.0. The lowest BCUT2D eigenvalue weighted by atomic mass is 10.0. The van der Waals surface area contributed by atoms with Crippen molar-refractivity contribution in [1.29, 1.82) is 0 Å². The number of unbranched alkanes of at least 4 members (excludes halogenated alkanes) is 28. The third-order valence-corrected chi connectivity index (χ3v) is 10.2. The highest BCUT2D eigenvalue weighted by Crippen LogP contribution is 2.27. The van der Waals surface area contributed by atoms with Crippen molar-refractivity contribution in [3.05, 3.63) is 0 Å². The fourth-order valence-corrected chi connectivity index (χ4v) is 7.06. The van der Waals surface area contributed by atoms with Gasteiger partial charge in [-0.3, -0.25) is 0 Å². The average molecular weight is 586 g/mol. The molecule has 0 aliphatic rings. The lowest BCUT2D eigenvalue weighted by molar-refractivity contribution is 0.282. The first kappa shape index (κ1) is 37.0. The molecule has 0 atom stereocenters. The van der Waals surface area contributed by atoms with Crippen molar-refractivity contribution in [3.63, 3.8) is 0 Å². The molecular formula is C31H63Cl3OSi. The molecule has 0 aromatic rings. The quantitative estimate of drug-likeness (QED) is 0.0487. The molecule has 0 fully saturated rings. The standard InChI is InChI=1S/C31H63Cl3OSi/c32-36(33,34)31-29-27-25-23-21-19-17-15-13-11-9-7-5-3-1-2-4-6-8-10-12-14-16-18-20-22-24-26-28-30-35/h35H,1-31H2. The van der Waals surface area contributed by atoms with Crippen LogP contribution in [0.2, 0.25) is 6.04 Å². The van der Waals surface area contributed by atoms with E-state index in [-0.39, 0.29) is 0 Å². The summed E-state index contributed by atoms with van der Waals surface area (Å²) in [6.07, 6.45) is 40.2. The van der Waals surface area contributed by atoms with Gasteiger partial charge >= 0.3 is 6.00 Å². The second-order valence-corrected chi connectivity index (χ2v) is 20.6. The predicted molar refractivity (Wildman–Crippen MR) is 169 cm³/mol. The van der Waals surface area contributed by atoms with Crippen LogP contribution < -0.4 is 0 Å². The Morgan fingerprint density at radius 1 is 0.278 bits per heavy atom. The first-order valence-electron chi connectivity index (χ1n) is 16.2. The van der Waals surface area contributed by atoms with Crippen molar-refractivity contribution < 1.29 is 5.11 Å². The van der Waals surface area contributed by atoms with Gasteiger partial charge in [0.05, 0.1) is 0 Å². The van der Waals surface area contributed by atoms with Gasteiger partial charge in [-0.1, -0.05) is 180 Å². The number of aliphatic hydroxyl groups is 1. The molecule has 1 nitrogen and oxygen atoms in total. The van der Waals surface area contributed by atoms with E-state index >= 15 is 0 Å². The van der Waals surface area contributed by atoms with E-state index in [1.165, 1.54) is 173 Å². The van der Waals surface area contributed by atoms with Crippen molar-refractivity contribution in [2.45, 2.75) is 192 Å². The largest absolute Gasteiger partial charge is 0.396 e. The molecule has 0 saturated heterocycles. The van der Waals surface area contributed by atoms with Gasteiger partial charge in [-0.2, -0.15) is 0 Å². The van der Waals surface area contributed by atoms with Crippen molar-refractivity contribution in [2.24, 2.45) is 0 Å². The van der Waals surface area contributed by atoms with Gasteiger partial charge in [-0.25, -0.2) is 0 Å². The second kappa shape index (κ2) is 30.6. The number of hydrogen-bond donors (Lipinski definition) is 1. The van der Waals surface area contributed by atoms with E-state index in [0.29, 0.717) is 6.61 Å². The molecule has 0 bridgehead atoms. The summed E-state index contributed by atoms with van der Waals surface area (Å²) in [7, 11) is 0. The smallest absolute Gasteiger partial charge is 0.341 e. The van der Waals surface area contributed by atoms with Crippen molar-refractivity contribution in [1.82, 2.24) is 0 Å². The molecule has 0 aliphatic heterocycles. The fourth-order valence-electron chi connectivity index (χ4n) is 5.21. The summed E-state index contributed by atoms with van der Waals surface area (Å²) in [5.74, 6) is 0. The van der Waals surface area contributed by atoms with Crippen LogP contribution in [-0.4, -0.2) is 17.7 Å². The Hall–Kier alpha value is 1.05. The summed E-state index contributed by atoms with van der Waals surface area (Å²) in [5.41, 5.74) is 0. The molecule has 0 radical (unpaired) electrons. The van der Waals surface area contributed by atoms with E-state index in [1.54, 1.807) is 0 Å². The van der Waals surface area contributed by atoms with Gasteiger partial charge in [0.2, 0.25) is 0 Å². The zero-order chi connectivity index (χ0) is 26.4. The van der Waals surface area contributed by atoms with Crippen LogP contribution in [0.25, 0.3) is 0 Å². The molecule has 0 aromatic carbocycles. The SMILES string of the molecule is OCCCCCCCCCCCCCCCCCCCCCCCCCCCCCCC[Si](Cl)(Cl)Cl. The average Bonchev–Trinajstić information content (AvgIpc) is 2.84. The maximum absolute atomic E-state index is 8.77. The normalized spacial score (nSPS) is 12.0. The highest BCUT2D eigenvalue weighted by Gasteiger charge is 2.23. The van der Waals surface area contributed by atoms with Crippen molar-refractivity contribution in [2.75, 3.05) is 6.61 Å². The van der Waals surface area contributed by atoms with E-state index in [4.69, 9.17) is 38.3 Å². The Morgan fingerprint density at radius 2 is 0.444 bits per heavy atom. The van der Waals surface area contributed by atoms with E-state index in [0.717, 1.165) is 18.9 Å². The van der Waals surface area contributed by atoms with Gasteiger partial charge in [0.1, 0.15) is 0 Å². The maximum Gasteiger partial charge on any atom is 0.341 e. The highest BCUT2D eigenvalue weighted by molar-refractivity contribution is 7.64. The number of rotatable bonds is 31. The van der Waals surface area contributed by atoms with Crippen LogP contribution in [0.1, 0.15) is 186 Å². The Morgan fingerprint density at radius 3 is 0.611 bits per heavy atom. The Bertz CT molecular complexity index is 404. The third-order valence-electron chi connectivity index (χ3n) is 7.62. The molecule has 0 saturated carbocycles. The lowest BCUT2D eigenvalue weighted by Crippen LogP contribution is -2.07. The Kier molecular flexibility index (Phi) is 31.5. The topological polar surface area (TPSA) is 20.2 Å². The lowest BCUT2D eigenvalue weighted by Gasteiger charge is -2.07. The van der Waals surface area contributed by atoms with Gasteiger partial charge in [-0.15, -0.1) is 33.2 Å². The molecule has 218 valence electrons. The van der Waals surface area contributed by atoms with Gasteiger partial charge in [0.15, 0.2) is 0 Å². The van der Waals surface area contributed by atoms with Crippen LogP contribution in [0.4, 0.5) is 0 Å². The minimum absolute atomic E-state index is 0.369. The van der Waals surface area contributed by atoms with E-state index in [9.17, 15) is 0 Å². The van der Waals surface area contributed by atoms with E-state index < -0.39 is 6.00 Å². The molecule has 5 heteroatoms. The summed E-state index contributed by atoms with van der Waals surface area (Å²) in [5, 5.41) is 8.77. The number of hydrogen-bond acceptors (Lipinski definition) is 1. The van der Waals surface area contributed by atoms with E-state index in [1.807, 2.05) is 0 Å². The van der Waals surface area contributed by atoms with Crippen LogP contribution in [0.5, 0.6) is 0 Å². The first-order valence-corrected chi connectivity index (χ1v) is 21.5. The summed E-state index contributed by atoms with van der Waals surface area (Å²) >= 11 is 17.8. The van der Waals surface area contributed by atoms with Crippen LogP contribution in [-0.2, 0) is 0 Å². The molecule has 1 N–H and O–H groups in total. The van der Waals surface area contributed by atoms with Crippen LogP contribution in [0.3, 0.4) is 0 Å². The molecular weight excluding hydrogens is 523 g/mol. The van der Waals surface area contributed by atoms with Gasteiger partial charge in [0, 0.05) is 6.61 Å². The van der Waals surface area contributed by atoms with Crippen molar-refractivity contribution in [3.8, 4) is 0 Å². The Balaban J connectivity index is 3.03. The molecule has 0 amide bonds. The molecule has 0 unspecified atom stereocenters. The van der Waals surface area contributed by atoms with Crippen LogP contribution >= 0.6 is 33.2 Å².